The van der Waals surface area contributed by atoms with E-state index in [1.807, 2.05) is 0 Å². The number of carboxylic acid groups (broad SMARTS) is 1. The molecule has 0 amide bonds. The normalized spacial score (nSPS) is 19.1. The predicted octanol–water partition coefficient (Wildman–Crippen LogP) is 5.01. The molecule has 0 unspecified atom stereocenters. The highest BCUT2D eigenvalue weighted by Gasteiger charge is 2.43. The first-order valence-corrected chi connectivity index (χ1v) is 8.12. The number of rotatable bonds is 6. The van der Waals surface area contributed by atoms with Crippen LogP contribution in [0.5, 0.6) is 11.5 Å². The van der Waals surface area contributed by atoms with Crippen molar-refractivity contribution >= 4 is 17.6 Å². The molecule has 1 fully saturated rings. The van der Waals surface area contributed by atoms with Gasteiger partial charge in [0.15, 0.2) is 0 Å². The van der Waals surface area contributed by atoms with E-state index in [0.717, 1.165) is 6.07 Å². The smallest absolute Gasteiger partial charge is 0.493 e. The molecule has 0 spiro atoms. The summed E-state index contributed by atoms with van der Waals surface area (Å²) in [6, 6.07) is 10.3. The number of halogens is 4. The average Bonchev–Trinajstić information content (AvgIpc) is 3.34. The van der Waals surface area contributed by atoms with E-state index in [9.17, 15) is 18.0 Å². The molecule has 26 heavy (non-hydrogen) atoms. The molecule has 3 rings (SSSR count). The molecule has 2 atom stereocenters. The second-order valence-electron chi connectivity index (χ2n) is 5.97. The standard InChI is InChI=1S/C18H14ClF3O4/c19-16-6-5-13(26-18(20,21)22)8-14(16)10-1-3-12(4-2-10)25-9-11-7-15(11)17(23)24/h1-6,8,11,15H,7,9H2,(H,23,24)/t11-,15+/m0/s1. The molecule has 4 nitrogen and oxygen atoms in total. The van der Waals surface area contributed by atoms with E-state index < -0.39 is 12.3 Å². The molecule has 2 aromatic carbocycles. The molecule has 0 heterocycles. The van der Waals surface area contributed by atoms with Gasteiger partial charge in [-0.15, -0.1) is 13.2 Å². The maximum atomic E-state index is 12.4. The van der Waals surface area contributed by atoms with Crippen LogP contribution in [0.1, 0.15) is 6.42 Å². The summed E-state index contributed by atoms with van der Waals surface area (Å²) in [4.78, 5) is 10.8. The lowest BCUT2D eigenvalue weighted by Gasteiger charge is -2.12. The summed E-state index contributed by atoms with van der Waals surface area (Å²) in [6.45, 7) is 0.311. The largest absolute Gasteiger partial charge is 0.573 e. The van der Waals surface area contributed by atoms with Gasteiger partial charge >= 0.3 is 12.3 Å². The van der Waals surface area contributed by atoms with Crippen LogP contribution in [0.15, 0.2) is 42.5 Å². The third-order valence-corrected chi connectivity index (χ3v) is 4.37. The van der Waals surface area contributed by atoms with Crippen molar-refractivity contribution in [3.8, 4) is 22.6 Å². The van der Waals surface area contributed by atoms with Crippen molar-refractivity contribution in [2.24, 2.45) is 11.8 Å². The molecule has 2 aromatic rings. The molecule has 0 bridgehead atoms. The van der Waals surface area contributed by atoms with E-state index >= 15 is 0 Å². The van der Waals surface area contributed by atoms with Gasteiger partial charge in [0.1, 0.15) is 11.5 Å². The van der Waals surface area contributed by atoms with Gasteiger partial charge in [-0.25, -0.2) is 0 Å². The Bertz CT molecular complexity index is 805. The van der Waals surface area contributed by atoms with Crippen LogP contribution in [0, 0.1) is 11.8 Å². The summed E-state index contributed by atoms with van der Waals surface area (Å²) >= 11 is 6.07. The van der Waals surface area contributed by atoms with Gasteiger partial charge in [0.25, 0.3) is 0 Å². The van der Waals surface area contributed by atoms with Crippen LogP contribution < -0.4 is 9.47 Å². The van der Waals surface area contributed by atoms with Crippen LogP contribution >= 0.6 is 11.6 Å². The fraction of sp³-hybridized carbons (Fsp3) is 0.278. The first-order valence-electron chi connectivity index (χ1n) is 7.74. The molecular weight excluding hydrogens is 373 g/mol. The molecule has 0 saturated heterocycles. The molecule has 1 aliphatic carbocycles. The van der Waals surface area contributed by atoms with E-state index in [0.29, 0.717) is 29.9 Å². The van der Waals surface area contributed by atoms with Crippen LogP contribution in [0.25, 0.3) is 11.1 Å². The number of alkyl halides is 3. The maximum Gasteiger partial charge on any atom is 0.573 e. The molecule has 1 N–H and O–H groups in total. The summed E-state index contributed by atoms with van der Waals surface area (Å²) < 4.78 is 46.5. The van der Waals surface area contributed by atoms with Crippen LogP contribution in [0.3, 0.4) is 0 Å². The van der Waals surface area contributed by atoms with Gasteiger partial charge in [-0.05, 0) is 42.3 Å². The van der Waals surface area contributed by atoms with Crippen LogP contribution in [0.2, 0.25) is 5.02 Å². The van der Waals surface area contributed by atoms with Crippen molar-refractivity contribution in [3.05, 3.63) is 47.5 Å². The number of benzene rings is 2. The second kappa shape index (κ2) is 7.07. The Hall–Kier alpha value is -2.41. The van der Waals surface area contributed by atoms with E-state index in [1.54, 1.807) is 24.3 Å². The summed E-state index contributed by atoms with van der Waals surface area (Å²) in [7, 11) is 0. The number of carboxylic acids is 1. The topological polar surface area (TPSA) is 55.8 Å². The van der Waals surface area contributed by atoms with Crippen molar-refractivity contribution in [3.63, 3.8) is 0 Å². The summed E-state index contributed by atoms with van der Waals surface area (Å²) in [6.07, 6.45) is -4.17. The van der Waals surface area contributed by atoms with Crippen molar-refractivity contribution in [1.29, 1.82) is 0 Å². The van der Waals surface area contributed by atoms with Gasteiger partial charge < -0.3 is 14.6 Å². The number of ether oxygens (including phenoxy) is 2. The Kier molecular flexibility index (Phi) is 5.00. The lowest BCUT2D eigenvalue weighted by molar-refractivity contribution is -0.274. The lowest BCUT2D eigenvalue weighted by atomic mass is 10.1. The highest BCUT2D eigenvalue weighted by atomic mass is 35.5. The molecule has 8 heteroatoms. The van der Waals surface area contributed by atoms with Gasteiger partial charge in [-0.1, -0.05) is 23.7 Å². The minimum Gasteiger partial charge on any atom is -0.493 e. The highest BCUT2D eigenvalue weighted by molar-refractivity contribution is 6.33. The quantitative estimate of drug-likeness (QED) is 0.758. The third kappa shape index (κ3) is 4.60. The molecule has 1 aliphatic rings. The number of hydrogen-bond donors (Lipinski definition) is 1. The minimum absolute atomic E-state index is 0.0119. The number of hydrogen-bond acceptors (Lipinski definition) is 3. The van der Waals surface area contributed by atoms with E-state index in [4.69, 9.17) is 21.4 Å². The van der Waals surface area contributed by atoms with Crippen molar-refractivity contribution in [2.75, 3.05) is 6.61 Å². The zero-order valence-corrected chi connectivity index (χ0v) is 14.1. The van der Waals surface area contributed by atoms with Gasteiger partial charge in [0.2, 0.25) is 0 Å². The minimum atomic E-state index is -4.78. The van der Waals surface area contributed by atoms with Crippen molar-refractivity contribution < 1.29 is 32.5 Å². The molecular formula is C18H14ClF3O4. The van der Waals surface area contributed by atoms with Crippen molar-refractivity contribution in [2.45, 2.75) is 12.8 Å². The van der Waals surface area contributed by atoms with Crippen LogP contribution in [0.4, 0.5) is 13.2 Å². The number of carbonyl (C=O) groups is 1. The Morgan fingerprint density at radius 1 is 1.15 bits per heavy atom. The Labute approximate surface area is 152 Å². The Morgan fingerprint density at radius 2 is 1.81 bits per heavy atom. The van der Waals surface area contributed by atoms with Gasteiger partial charge in [-0.2, -0.15) is 0 Å². The maximum absolute atomic E-state index is 12.4. The molecule has 138 valence electrons. The van der Waals surface area contributed by atoms with Crippen LogP contribution in [-0.2, 0) is 4.79 Å². The Morgan fingerprint density at radius 3 is 2.38 bits per heavy atom. The SMILES string of the molecule is O=C(O)[C@@H]1C[C@H]1COc1ccc(-c2cc(OC(F)(F)F)ccc2Cl)cc1. The van der Waals surface area contributed by atoms with E-state index in [-0.39, 0.29) is 22.6 Å². The van der Waals surface area contributed by atoms with Gasteiger partial charge in [0.05, 0.1) is 12.5 Å². The molecule has 0 aromatic heterocycles. The third-order valence-electron chi connectivity index (χ3n) is 4.04. The fourth-order valence-electron chi connectivity index (χ4n) is 2.59. The highest BCUT2D eigenvalue weighted by Crippen LogP contribution is 2.39. The summed E-state index contributed by atoms with van der Waals surface area (Å²) in [5.74, 6) is -0.957. The first kappa shape index (κ1) is 18.4. The first-order chi connectivity index (χ1) is 12.2. The predicted molar refractivity (Wildman–Crippen MR) is 88.3 cm³/mol. The zero-order valence-electron chi connectivity index (χ0n) is 13.3. The summed E-state index contributed by atoms with van der Waals surface area (Å²) in [5.41, 5.74) is 0.998. The van der Waals surface area contributed by atoms with E-state index in [1.165, 1.54) is 12.1 Å². The monoisotopic (exact) mass is 386 g/mol. The zero-order chi connectivity index (χ0) is 18.9. The number of aliphatic carboxylic acids is 1. The molecule has 1 saturated carbocycles. The fourth-order valence-corrected chi connectivity index (χ4v) is 2.82. The summed E-state index contributed by atoms with van der Waals surface area (Å²) in [5, 5.41) is 9.14. The van der Waals surface area contributed by atoms with E-state index in [2.05, 4.69) is 4.74 Å². The molecule has 0 radical (unpaired) electrons. The van der Waals surface area contributed by atoms with Gasteiger partial charge in [0, 0.05) is 16.5 Å². The average molecular weight is 387 g/mol. The van der Waals surface area contributed by atoms with Crippen LogP contribution in [-0.4, -0.2) is 24.0 Å². The molecule has 0 aliphatic heterocycles. The van der Waals surface area contributed by atoms with Gasteiger partial charge in [-0.3, -0.25) is 4.79 Å². The second-order valence-corrected chi connectivity index (χ2v) is 6.37. The van der Waals surface area contributed by atoms with Crippen molar-refractivity contribution in [1.82, 2.24) is 0 Å². The Balaban J connectivity index is 1.68. The lowest BCUT2D eigenvalue weighted by Crippen LogP contribution is -2.17.